The van der Waals surface area contributed by atoms with Crippen LogP contribution in [0.2, 0.25) is 5.02 Å². The van der Waals surface area contributed by atoms with Gasteiger partial charge in [-0.25, -0.2) is 8.78 Å². The van der Waals surface area contributed by atoms with Crippen LogP contribution in [0.15, 0.2) is 30.3 Å². The summed E-state index contributed by atoms with van der Waals surface area (Å²) in [5.74, 6) is -2.34. The number of benzene rings is 2. The summed E-state index contributed by atoms with van der Waals surface area (Å²) in [6, 6.07) is 6.68. The van der Waals surface area contributed by atoms with Gasteiger partial charge in [0.1, 0.15) is 5.69 Å². The number of nitrogens with one attached hydrogen (secondary N) is 2. The molecule has 1 heterocycles. The summed E-state index contributed by atoms with van der Waals surface area (Å²) in [7, 11) is -3.93. The molecule has 0 radical (unpaired) electrons. The van der Waals surface area contributed by atoms with Gasteiger partial charge in [-0.1, -0.05) is 11.6 Å². The van der Waals surface area contributed by atoms with E-state index in [4.69, 9.17) is 17.3 Å². The average molecular weight is 515 g/mol. The van der Waals surface area contributed by atoms with Gasteiger partial charge in [0.15, 0.2) is 11.6 Å². The largest absolute Gasteiger partial charge is 0.350 e. The van der Waals surface area contributed by atoms with Gasteiger partial charge in [0.25, 0.3) is 0 Å². The van der Waals surface area contributed by atoms with Crippen LogP contribution < -0.4 is 15.8 Å². The fraction of sp³-hybridized carbons (Fsp3) is 0.200. The first kappa shape index (κ1) is 19.5. The standard InChI is InChI=1S/C15H14ClF2IN4O2S/c16-10-5-8(19)1-3-12(10)21-15-13(4-2-11(17)14(15)18)22-26(24,25)23-6-9(20)7-23/h1-5,9,21-22H,6-7,20H2. The lowest BCUT2D eigenvalue weighted by molar-refractivity contribution is 0.267. The Morgan fingerprint density at radius 2 is 1.85 bits per heavy atom. The third-order valence-corrected chi connectivity index (χ3v) is 6.18. The Bertz CT molecular complexity index is 955. The zero-order valence-electron chi connectivity index (χ0n) is 13.1. The summed E-state index contributed by atoms with van der Waals surface area (Å²) in [5.41, 5.74) is 5.40. The van der Waals surface area contributed by atoms with E-state index in [0.717, 1.165) is 20.0 Å². The molecule has 6 nitrogen and oxygen atoms in total. The first-order valence-corrected chi connectivity index (χ1v) is 10.3. The molecule has 0 aliphatic carbocycles. The number of hydrogen-bond acceptors (Lipinski definition) is 4. The maximum atomic E-state index is 14.3. The highest BCUT2D eigenvalue weighted by atomic mass is 127. The van der Waals surface area contributed by atoms with Crippen LogP contribution in [-0.2, 0) is 10.2 Å². The fourth-order valence-corrected chi connectivity index (χ4v) is 4.61. The van der Waals surface area contributed by atoms with E-state index in [9.17, 15) is 17.2 Å². The normalized spacial score (nSPS) is 15.6. The van der Waals surface area contributed by atoms with Gasteiger partial charge in [-0.2, -0.15) is 12.7 Å². The molecule has 140 valence electrons. The Morgan fingerprint density at radius 1 is 1.19 bits per heavy atom. The summed E-state index contributed by atoms with van der Waals surface area (Å²) < 4.78 is 56.9. The molecule has 11 heteroatoms. The lowest BCUT2D eigenvalue weighted by Gasteiger charge is -2.35. The molecular formula is C15H14ClF2IN4O2S. The third-order valence-electron chi connectivity index (χ3n) is 3.74. The summed E-state index contributed by atoms with van der Waals surface area (Å²) in [4.78, 5) is 0. The van der Waals surface area contributed by atoms with E-state index >= 15 is 0 Å². The predicted octanol–water partition coefficient (Wildman–Crippen LogP) is 3.27. The van der Waals surface area contributed by atoms with Crippen LogP contribution in [0.5, 0.6) is 0 Å². The van der Waals surface area contributed by atoms with E-state index < -0.39 is 21.8 Å². The first-order chi connectivity index (χ1) is 12.2. The molecule has 1 aliphatic rings. The van der Waals surface area contributed by atoms with Gasteiger partial charge >= 0.3 is 10.2 Å². The van der Waals surface area contributed by atoms with Gasteiger partial charge in [0, 0.05) is 22.7 Å². The molecule has 0 amide bonds. The van der Waals surface area contributed by atoms with Gasteiger partial charge in [0.05, 0.1) is 16.4 Å². The molecule has 1 aliphatic heterocycles. The molecule has 2 aromatic carbocycles. The van der Waals surface area contributed by atoms with Crippen molar-refractivity contribution in [2.45, 2.75) is 6.04 Å². The van der Waals surface area contributed by atoms with Crippen molar-refractivity contribution in [3.05, 3.63) is 50.6 Å². The van der Waals surface area contributed by atoms with Crippen molar-refractivity contribution in [3.63, 3.8) is 0 Å². The quantitative estimate of drug-likeness (QED) is 0.535. The molecule has 0 bridgehead atoms. The van der Waals surface area contributed by atoms with Crippen molar-refractivity contribution >= 4 is 61.5 Å². The van der Waals surface area contributed by atoms with Gasteiger partial charge in [0.2, 0.25) is 0 Å². The Morgan fingerprint density at radius 3 is 2.46 bits per heavy atom. The zero-order chi connectivity index (χ0) is 19.1. The van der Waals surface area contributed by atoms with Crippen molar-refractivity contribution in [1.82, 2.24) is 4.31 Å². The second-order valence-corrected chi connectivity index (χ2v) is 9.04. The SMILES string of the molecule is NC1CN(S(=O)(=O)Nc2ccc(F)c(F)c2Nc2ccc(I)cc2Cl)C1. The van der Waals surface area contributed by atoms with Crippen molar-refractivity contribution < 1.29 is 17.2 Å². The molecule has 0 spiro atoms. The number of nitrogens with zero attached hydrogens (tertiary/aromatic N) is 1. The minimum Gasteiger partial charge on any atom is -0.350 e. The number of halogens is 4. The predicted molar refractivity (Wildman–Crippen MR) is 106 cm³/mol. The number of rotatable bonds is 5. The second-order valence-electron chi connectivity index (χ2n) is 5.72. The molecule has 0 aromatic heterocycles. The van der Waals surface area contributed by atoms with Crippen LogP contribution in [-0.4, -0.2) is 31.9 Å². The Labute approximate surface area is 168 Å². The van der Waals surface area contributed by atoms with Gasteiger partial charge in [-0.05, 0) is 52.9 Å². The number of hydrogen-bond donors (Lipinski definition) is 3. The number of anilines is 3. The molecule has 2 aromatic rings. The number of nitrogens with two attached hydrogens (primary N) is 1. The average Bonchev–Trinajstić information content (AvgIpc) is 2.53. The van der Waals surface area contributed by atoms with E-state index in [-0.39, 0.29) is 35.5 Å². The summed E-state index contributed by atoms with van der Waals surface area (Å²) >= 11 is 8.17. The van der Waals surface area contributed by atoms with E-state index in [2.05, 4.69) is 32.6 Å². The highest BCUT2D eigenvalue weighted by Crippen LogP contribution is 2.34. The van der Waals surface area contributed by atoms with Crippen LogP contribution in [0, 0.1) is 15.2 Å². The second kappa shape index (κ2) is 7.43. The van der Waals surface area contributed by atoms with E-state index in [1.807, 2.05) is 0 Å². The molecule has 0 atom stereocenters. The third kappa shape index (κ3) is 4.03. The molecule has 0 saturated carbocycles. The molecular weight excluding hydrogens is 501 g/mol. The fourth-order valence-electron chi connectivity index (χ4n) is 2.35. The maximum Gasteiger partial charge on any atom is 0.301 e. The van der Waals surface area contributed by atoms with Crippen molar-refractivity contribution in [2.24, 2.45) is 5.73 Å². The van der Waals surface area contributed by atoms with Crippen LogP contribution >= 0.6 is 34.2 Å². The highest BCUT2D eigenvalue weighted by molar-refractivity contribution is 14.1. The zero-order valence-corrected chi connectivity index (χ0v) is 16.9. The Hall–Kier alpha value is -1.21. The van der Waals surface area contributed by atoms with Crippen LogP contribution in [0.1, 0.15) is 0 Å². The lowest BCUT2D eigenvalue weighted by Crippen LogP contribution is -2.59. The molecule has 4 N–H and O–H groups in total. The van der Waals surface area contributed by atoms with E-state index in [1.54, 1.807) is 18.2 Å². The van der Waals surface area contributed by atoms with E-state index in [1.165, 1.54) is 0 Å². The topological polar surface area (TPSA) is 87.5 Å². The molecule has 0 unspecified atom stereocenters. The Balaban J connectivity index is 1.95. The molecule has 1 fully saturated rings. The highest BCUT2D eigenvalue weighted by Gasteiger charge is 2.34. The van der Waals surface area contributed by atoms with Gasteiger partial charge < -0.3 is 11.1 Å². The lowest BCUT2D eigenvalue weighted by atomic mass is 10.2. The van der Waals surface area contributed by atoms with Crippen molar-refractivity contribution in [2.75, 3.05) is 23.1 Å². The monoisotopic (exact) mass is 514 g/mol. The van der Waals surface area contributed by atoms with Crippen LogP contribution in [0.25, 0.3) is 0 Å². The first-order valence-electron chi connectivity index (χ1n) is 7.41. The van der Waals surface area contributed by atoms with Crippen LogP contribution in [0.4, 0.5) is 25.8 Å². The minimum atomic E-state index is -3.93. The Kier molecular flexibility index (Phi) is 5.58. The van der Waals surface area contributed by atoms with Crippen LogP contribution in [0.3, 0.4) is 0 Å². The summed E-state index contributed by atoms with van der Waals surface area (Å²) in [6.45, 7) is 0.315. The molecule has 3 rings (SSSR count). The van der Waals surface area contributed by atoms with Gasteiger partial charge in [-0.15, -0.1) is 0 Å². The maximum absolute atomic E-state index is 14.3. The van der Waals surface area contributed by atoms with E-state index in [0.29, 0.717) is 5.69 Å². The summed E-state index contributed by atoms with van der Waals surface area (Å²) in [5, 5.41) is 2.94. The van der Waals surface area contributed by atoms with Crippen molar-refractivity contribution in [3.8, 4) is 0 Å². The smallest absolute Gasteiger partial charge is 0.301 e. The summed E-state index contributed by atoms with van der Waals surface area (Å²) in [6.07, 6.45) is 0. The minimum absolute atomic E-state index is 0.140. The van der Waals surface area contributed by atoms with Crippen molar-refractivity contribution in [1.29, 1.82) is 0 Å². The molecule has 26 heavy (non-hydrogen) atoms. The van der Waals surface area contributed by atoms with Gasteiger partial charge in [-0.3, -0.25) is 4.72 Å². The molecule has 1 saturated heterocycles.